The van der Waals surface area contributed by atoms with Gasteiger partial charge in [-0.2, -0.15) is 5.26 Å². The van der Waals surface area contributed by atoms with Gasteiger partial charge in [-0.15, -0.1) is 0 Å². The molecule has 0 amide bonds. The summed E-state index contributed by atoms with van der Waals surface area (Å²) in [5.74, 6) is -2.37. The van der Waals surface area contributed by atoms with E-state index in [2.05, 4.69) is 4.98 Å². The van der Waals surface area contributed by atoms with E-state index in [1.165, 1.54) is 18.3 Å². The van der Waals surface area contributed by atoms with Crippen LogP contribution in [0.1, 0.15) is 18.4 Å². The average molecular weight is 210 g/mol. The molecule has 1 heterocycles. The van der Waals surface area contributed by atoms with Crippen molar-refractivity contribution in [3.05, 3.63) is 23.9 Å². The monoisotopic (exact) mass is 210 g/mol. The zero-order valence-corrected chi connectivity index (χ0v) is 7.78. The topological polar surface area (TPSA) is 45.9 Å². The lowest BCUT2D eigenvalue weighted by Gasteiger charge is -2.34. The number of rotatable bonds is 2. The maximum absolute atomic E-state index is 12.5. The van der Waals surface area contributed by atoms with Crippen molar-refractivity contribution in [2.75, 3.05) is 0 Å². The minimum Gasteiger partial charge on any atom is -0.474 e. The molecule has 1 fully saturated rings. The second kappa shape index (κ2) is 3.46. The fourth-order valence-electron chi connectivity index (χ4n) is 1.40. The van der Waals surface area contributed by atoms with Gasteiger partial charge in [0.05, 0.1) is 11.6 Å². The number of halogens is 2. The quantitative estimate of drug-likeness (QED) is 0.751. The summed E-state index contributed by atoms with van der Waals surface area (Å²) in [6, 6.07) is 4.90. The van der Waals surface area contributed by atoms with Gasteiger partial charge in [0, 0.05) is 25.1 Å². The van der Waals surface area contributed by atoms with Crippen LogP contribution in [0.4, 0.5) is 8.78 Å². The summed E-state index contributed by atoms with van der Waals surface area (Å²) in [5.41, 5.74) is 0.408. The molecule has 0 N–H and O–H groups in total. The van der Waals surface area contributed by atoms with E-state index in [1.807, 2.05) is 6.07 Å². The van der Waals surface area contributed by atoms with E-state index in [9.17, 15) is 8.78 Å². The van der Waals surface area contributed by atoms with E-state index in [0.717, 1.165) is 0 Å². The van der Waals surface area contributed by atoms with Gasteiger partial charge in [-0.3, -0.25) is 0 Å². The third kappa shape index (κ3) is 2.21. The average Bonchev–Trinajstić information content (AvgIpc) is 2.15. The summed E-state index contributed by atoms with van der Waals surface area (Å²) in [6.45, 7) is 0. The van der Waals surface area contributed by atoms with Crippen molar-refractivity contribution in [2.24, 2.45) is 0 Å². The Labute approximate surface area is 85.3 Å². The Balaban J connectivity index is 1.98. The number of nitriles is 1. The molecule has 15 heavy (non-hydrogen) atoms. The highest BCUT2D eigenvalue weighted by molar-refractivity contribution is 5.31. The van der Waals surface area contributed by atoms with Crippen molar-refractivity contribution in [3.63, 3.8) is 0 Å². The zero-order valence-electron chi connectivity index (χ0n) is 7.78. The second-order valence-electron chi connectivity index (χ2n) is 3.50. The first-order valence-corrected chi connectivity index (χ1v) is 4.50. The van der Waals surface area contributed by atoms with Gasteiger partial charge in [0.25, 0.3) is 5.92 Å². The van der Waals surface area contributed by atoms with E-state index in [1.54, 1.807) is 0 Å². The lowest BCUT2D eigenvalue weighted by molar-refractivity contribution is -0.135. The molecule has 1 aliphatic rings. The summed E-state index contributed by atoms with van der Waals surface area (Å²) in [7, 11) is 0. The van der Waals surface area contributed by atoms with Gasteiger partial charge in [-0.05, 0) is 6.07 Å². The van der Waals surface area contributed by atoms with Crippen LogP contribution in [-0.4, -0.2) is 17.0 Å². The summed E-state index contributed by atoms with van der Waals surface area (Å²) in [4.78, 5) is 3.84. The van der Waals surface area contributed by atoms with Gasteiger partial charge in [0.2, 0.25) is 5.88 Å². The number of hydrogen-bond acceptors (Lipinski definition) is 3. The molecule has 1 saturated carbocycles. The van der Waals surface area contributed by atoms with Gasteiger partial charge in [-0.25, -0.2) is 13.8 Å². The van der Waals surface area contributed by atoms with Crippen LogP contribution in [0.5, 0.6) is 5.88 Å². The molecule has 1 aromatic heterocycles. The minimum absolute atomic E-state index is 0.231. The SMILES string of the molecule is N#Cc1ccnc(OC2CC(F)(F)C2)c1. The molecule has 0 aromatic carbocycles. The molecule has 0 radical (unpaired) electrons. The van der Waals surface area contributed by atoms with Crippen molar-refractivity contribution < 1.29 is 13.5 Å². The first-order valence-electron chi connectivity index (χ1n) is 4.50. The first kappa shape index (κ1) is 9.84. The zero-order chi connectivity index (χ0) is 10.9. The molecule has 1 aromatic rings. The van der Waals surface area contributed by atoms with Crippen LogP contribution in [-0.2, 0) is 0 Å². The molecule has 2 rings (SSSR count). The van der Waals surface area contributed by atoms with Gasteiger partial charge in [-0.1, -0.05) is 0 Å². The standard InChI is InChI=1S/C10H8F2N2O/c11-10(12)4-8(5-10)15-9-3-7(6-13)1-2-14-9/h1-3,8H,4-5H2. The predicted molar refractivity (Wildman–Crippen MR) is 47.5 cm³/mol. The Morgan fingerprint density at radius 1 is 1.53 bits per heavy atom. The summed E-state index contributed by atoms with van der Waals surface area (Å²) in [5, 5.41) is 8.60. The third-order valence-corrected chi connectivity index (χ3v) is 2.20. The fourth-order valence-corrected chi connectivity index (χ4v) is 1.40. The summed E-state index contributed by atoms with van der Waals surface area (Å²) in [6.07, 6.45) is 0.392. The third-order valence-electron chi connectivity index (χ3n) is 2.20. The van der Waals surface area contributed by atoms with Crippen LogP contribution < -0.4 is 4.74 Å². The summed E-state index contributed by atoms with van der Waals surface area (Å²) < 4.78 is 30.2. The van der Waals surface area contributed by atoms with E-state index in [-0.39, 0.29) is 18.7 Å². The highest BCUT2D eigenvalue weighted by atomic mass is 19.3. The van der Waals surface area contributed by atoms with E-state index < -0.39 is 12.0 Å². The molecule has 1 aliphatic carbocycles. The molecule has 3 nitrogen and oxygen atoms in total. The molecule has 78 valence electrons. The number of alkyl halides is 2. The van der Waals surface area contributed by atoms with Gasteiger partial charge >= 0.3 is 0 Å². The lowest BCUT2D eigenvalue weighted by atomic mass is 9.91. The smallest absolute Gasteiger partial charge is 0.255 e. The Morgan fingerprint density at radius 2 is 2.27 bits per heavy atom. The fraction of sp³-hybridized carbons (Fsp3) is 0.400. The molecule has 5 heteroatoms. The van der Waals surface area contributed by atoms with Crippen molar-refractivity contribution in [1.82, 2.24) is 4.98 Å². The van der Waals surface area contributed by atoms with Crippen LogP contribution in [0, 0.1) is 11.3 Å². The minimum atomic E-state index is -2.60. The Kier molecular flexibility index (Phi) is 2.27. The largest absolute Gasteiger partial charge is 0.474 e. The predicted octanol–water partition coefficient (Wildman–Crippen LogP) is 2.13. The number of aromatic nitrogens is 1. The number of nitrogens with zero attached hydrogens (tertiary/aromatic N) is 2. The normalized spacial score (nSPS) is 19.0. The second-order valence-corrected chi connectivity index (χ2v) is 3.50. The Bertz CT molecular complexity index is 406. The highest BCUT2D eigenvalue weighted by Crippen LogP contribution is 2.39. The molecular weight excluding hydrogens is 202 g/mol. The van der Waals surface area contributed by atoms with Crippen LogP contribution in [0.2, 0.25) is 0 Å². The van der Waals surface area contributed by atoms with Crippen molar-refractivity contribution in [1.29, 1.82) is 5.26 Å². The van der Waals surface area contributed by atoms with Crippen LogP contribution >= 0.6 is 0 Å². The Morgan fingerprint density at radius 3 is 2.87 bits per heavy atom. The maximum Gasteiger partial charge on any atom is 0.255 e. The molecule has 0 aliphatic heterocycles. The van der Waals surface area contributed by atoms with E-state index in [0.29, 0.717) is 5.56 Å². The van der Waals surface area contributed by atoms with Crippen LogP contribution in [0.3, 0.4) is 0 Å². The van der Waals surface area contributed by atoms with Crippen LogP contribution in [0.25, 0.3) is 0 Å². The van der Waals surface area contributed by atoms with Crippen molar-refractivity contribution >= 4 is 0 Å². The number of pyridine rings is 1. The lowest BCUT2D eigenvalue weighted by Crippen LogP contribution is -2.43. The molecule has 0 spiro atoms. The summed E-state index contributed by atoms with van der Waals surface area (Å²) >= 11 is 0. The van der Waals surface area contributed by atoms with E-state index in [4.69, 9.17) is 10.00 Å². The highest BCUT2D eigenvalue weighted by Gasteiger charge is 2.47. The number of ether oxygens (including phenoxy) is 1. The van der Waals surface area contributed by atoms with Gasteiger partial charge in [0.1, 0.15) is 6.10 Å². The molecule has 0 atom stereocenters. The van der Waals surface area contributed by atoms with Crippen LogP contribution in [0.15, 0.2) is 18.3 Å². The first-order chi connectivity index (χ1) is 7.09. The maximum atomic E-state index is 12.5. The van der Waals surface area contributed by atoms with Gasteiger partial charge in [0.15, 0.2) is 0 Å². The molecule has 0 bridgehead atoms. The van der Waals surface area contributed by atoms with Gasteiger partial charge < -0.3 is 4.74 Å². The Hall–Kier alpha value is -1.70. The number of hydrogen-bond donors (Lipinski definition) is 0. The van der Waals surface area contributed by atoms with E-state index >= 15 is 0 Å². The van der Waals surface area contributed by atoms with Crippen molar-refractivity contribution in [3.8, 4) is 11.9 Å². The van der Waals surface area contributed by atoms with Crippen molar-refractivity contribution in [2.45, 2.75) is 24.9 Å². The molecular formula is C10H8F2N2O. The molecule has 0 unspecified atom stereocenters. The molecule has 0 saturated heterocycles.